The zero-order valence-corrected chi connectivity index (χ0v) is 15.1. The minimum atomic E-state index is 0.168. The first-order chi connectivity index (χ1) is 9.46. The van der Waals surface area contributed by atoms with E-state index in [9.17, 15) is 0 Å². The number of hydrogen-bond donors (Lipinski definition) is 1. The lowest BCUT2D eigenvalue weighted by molar-refractivity contribution is 0.554. The van der Waals surface area contributed by atoms with Crippen LogP contribution in [0.15, 0.2) is 24.4 Å². The van der Waals surface area contributed by atoms with Gasteiger partial charge in [0.1, 0.15) is 0 Å². The van der Waals surface area contributed by atoms with Crippen LogP contribution in [-0.4, -0.2) is 0 Å². The second-order valence-electron chi connectivity index (χ2n) is 8.18. The summed E-state index contributed by atoms with van der Waals surface area (Å²) in [7, 11) is 0. The maximum Gasteiger partial charge on any atom is 0.00108 e. The van der Waals surface area contributed by atoms with E-state index in [4.69, 9.17) is 5.73 Å². The summed E-state index contributed by atoms with van der Waals surface area (Å²) in [6.45, 7) is 19.9. The molecule has 1 nitrogen and oxygen atoms in total. The standard InChI is InChI=1S/C20H33N/c1-9-16-17(19(3,4)5)12-15(11-10-14(2)21)13-18(16)20(6,7)8/h12-13H,2,9-11,21H2,1,3-8H3. The third-order valence-corrected chi connectivity index (χ3v) is 4.01. The van der Waals surface area contributed by atoms with Gasteiger partial charge < -0.3 is 5.73 Å². The normalized spacial score (nSPS) is 12.5. The molecule has 0 unspecified atom stereocenters. The van der Waals surface area contributed by atoms with Crippen molar-refractivity contribution in [3.05, 3.63) is 46.7 Å². The first kappa shape index (κ1) is 17.8. The summed E-state index contributed by atoms with van der Waals surface area (Å²) in [6.07, 6.45) is 2.92. The summed E-state index contributed by atoms with van der Waals surface area (Å²) in [5.41, 5.74) is 12.7. The summed E-state index contributed by atoms with van der Waals surface area (Å²) in [5, 5.41) is 0. The van der Waals surface area contributed by atoms with Crippen LogP contribution in [0.4, 0.5) is 0 Å². The van der Waals surface area contributed by atoms with Crippen molar-refractivity contribution in [3.8, 4) is 0 Å². The van der Waals surface area contributed by atoms with Crippen LogP contribution in [0.1, 0.15) is 77.1 Å². The number of allylic oxidation sites excluding steroid dienone is 1. The third-order valence-electron chi connectivity index (χ3n) is 4.01. The van der Waals surface area contributed by atoms with Crippen LogP contribution in [0.2, 0.25) is 0 Å². The Bertz CT molecular complexity index is 475. The van der Waals surface area contributed by atoms with E-state index >= 15 is 0 Å². The monoisotopic (exact) mass is 287 g/mol. The average Bonchev–Trinajstić information content (AvgIpc) is 2.32. The molecule has 0 heterocycles. The maximum absolute atomic E-state index is 5.75. The fourth-order valence-electron chi connectivity index (χ4n) is 2.90. The van der Waals surface area contributed by atoms with Crippen LogP contribution in [0.3, 0.4) is 0 Å². The highest BCUT2D eigenvalue weighted by molar-refractivity contribution is 5.46. The van der Waals surface area contributed by atoms with E-state index in [-0.39, 0.29) is 10.8 Å². The zero-order chi connectivity index (χ0) is 16.4. The van der Waals surface area contributed by atoms with Gasteiger partial charge in [0.25, 0.3) is 0 Å². The zero-order valence-electron chi connectivity index (χ0n) is 15.1. The number of aryl methyl sites for hydroxylation is 1. The molecule has 0 spiro atoms. The molecule has 0 fully saturated rings. The van der Waals surface area contributed by atoms with Crippen molar-refractivity contribution in [1.29, 1.82) is 0 Å². The van der Waals surface area contributed by atoms with Crippen molar-refractivity contribution in [2.45, 2.75) is 78.6 Å². The second-order valence-corrected chi connectivity index (χ2v) is 8.18. The predicted octanol–water partition coefficient (Wildman–Crippen LogP) is 5.25. The molecule has 1 rings (SSSR count). The Labute approximate surface area is 131 Å². The van der Waals surface area contributed by atoms with Crippen LogP contribution in [0, 0.1) is 0 Å². The molecule has 21 heavy (non-hydrogen) atoms. The van der Waals surface area contributed by atoms with Gasteiger partial charge in [-0.2, -0.15) is 0 Å². The minimum Gasteiger partial charge on any atom is -0.403 e. The van der Waals surface area contributed by atoms with Crippen LogP contribution in [0.25, 0.3) is 0 Å². The molecular formula is C20H33N. The number of benzene rings is 1. The van der Waals surface area contributed by atoms with Crippen molar-refractivity contribution in [2.75, 3.05) is 0 Å². The minimum absolute atomic E-state index is 0.168. The van der Waals surface area contributed by atoms with E-state index in [0.29, 0.717) is 0 Å². The molecule has 118 valence electrons. The quantitative estimate of drug-likeness (QED) is 0.804. The van der Waals surface area contributed by atoms with Crippen molar-refractivity contribution < 1.29 is 0 Å². The molecule has 0 atom stereocenters. The molecule has 0 aliphatic rings. The van der Waals surface area contributed by atoms with Gasteiger partial charge in [-0.25, -0.2) is 0 Å². The third kappa shape index (κ3) is 4.62. The summed E-state index contributed by atoms with van der Waals surface area (Å²) in [4.78, 5) is 0. The smallest absolute Gasteiger partial charge is 0.00108 e. The Kier molecular flexibility index (Phi) is 5.30. The molecule has 1 aromatic carbocycles. The lowest BCUT2D eigenvalue weighted by Crippen LogP contribution is -2.21. The first-order valence-corrected chi connectivity index (χ1v) is 8.06. The number of hydrogen-bond acceptors (Lipinski definition) is 1. The van der Waals surface area contributed by atoms with Crippen LogP contribution >= 0.6 is 0 Å². The Hall–Kier alpha value is -1.24. The van der Waals surface area contributed by atoms with Gasteiger partial charge in [-0.3, -0.25) is 0 Å². The molecule has 0 aromatic heterocycles. The fraction of sp³-hybridized carbons (Fsp3) is 0.600. The topological polar surface area (TPSA) is 26.0 Å². The molecule has 0 saturated heterocycles. The lowest BCUT2D eigenvalue weighted by Gasteiger charge is -2.31. The van der Waals surface area contributed by atoms with Crippen molar-refractivity contribution >= 4 is 0 Å². The highest BCUT2D eigenvalue weighted by Crippen LogP contribution is 2.35. The number of nitrogens with two attached hydrogens (primary N) is 1. The van der Waals surface area contributed by atoms with Gasteiger partial charge in [0.2, 0.25) is 0 Å². The largest absolute Gasteiger partial charge is 0.403 e. The number of rotatable bonds is 4. The van der Waals surface area contributed by atoms with Crippen LogP contribution in [0.5, 0.6) is 0 Å². The molecule has 1 aromatic rings. The molecular weight excluding hydrogens is 254 g/mol. The molecule has 0 saturated carbocycles. The second kappa shape index (κ2) is 6.25. The van der Waals surface area contributed by atoms with Crippen molar-refractivity contribution in [1.82, 2.24) is 0 Å². The van der Waals surface area contributed by atoms with E-state index in [1.165, 1.54) is 22.3 Å². The first-order valence-electron chi connectivity index (χ1n) is 8.06. The van der Waals surface area contributed by atoms with Gasteiger partial charge >= 0.3 is 0 Å². The van der Waals surface area contributed by atoms with Gasteiger partial charge in [0.15, 0.2) is 0 Å². The SMILES string of the molecule is C=C(N)CCc1cc(C(C)(C)C)c(CC)c(C(C)(C)C)c1. The van der Waals surface area contributed by atoms with Gasteiger partial charge in [0.05, 0.1) is 0 Å². The van der Waals surface area contributed by atoms with E-state index in [1.807, 2.05) is 0 Å². The predicted molar refractivity (Wildman–Crippen MR) is 94.9 cm³/mol. The molecule has 0 radical (unpaired) electrons. The van der Waals surface area contributed by atoms with Gasteiger partial charge in [-0.1, -0.05) is 67.2 Å². The maximum atomic E-state index is 5.75. The summed E-state index contributed by atoms with van der Waals surface area (Å²) in [6, 6.07) is 4.77. The molecule has 0 bridgehead atoms. The highest BCUT2D eigenvalue weighted by atomic mass is 14.5. The van der Waals surface area contributed by atoms with E-state index in [2.05, 4.69) is 67.2 Å². The summed E-state index contributed by atoms with van der Waals surface area (Å²) >= 11 is 0. The fourth-order valence-corrected chi connectivity index (χ4v) is 2.90. The Morgan fingerprint density at radius 2 is 1.43 bits per heavy atom. The summed E-state index contributed by atoms with van der Waals surface area (Å²) in [5.74, 6) is 0. The van der Waals surface area contributed by atoms with Crippen molar-refractivity contribution in [3.63, 3.8) is 0 Å². The van der Waals surface area contributed by atoms with Gasteiger partial charge in [0, 0.05) is 5.70 Å². The van der Waals surface area contributed by atoms with Crippen LogP contribution in [-0.2, 0) is 23.7 Å². The molecule has 0 amide bonds. The van der Waals surface area contributed by atoms with Gasteiger partial charge in [-0.15, -0.1) is 0 Å². The Morgan fingerprint density at radius 1 is 1.00 bits per heavy atom. The van der Waals surface area contributed by atoms with Crippen LogP contribution < -0.4 is 5.73 Å². The average molecular weight is 287 g/mol. The Morgan fingerprint density at radius 3 is 1.71 bits per heavy atom. The summed E-state index contributed by atoms with van der Waals surface area (Å²) < 4.78 is 0. The molecule has 0 aliphatic heterocycles. The van der Waals surface area contributed by atoms with E-state index in [1.54, 1.807) is 0 Å². The highest BCUT2D eigenvalue weighted by Gasteiger charge is 2.25. The van der Waals surface area contributed by atoms with E-state index in [0.717, 1.165) is 25.0 Å². The molecule has 2 N–H and O–H groups in total. The molecule has 0 aliphatic carbocycles. The van der Waals surface area contributed by atoms with Crippen molar-refractivity contribution in [2.24, 2.45) is 5.73 Å². The Balaban J connectivity index is 3.47. The molecule has 1 heteroatoms. The van der Waals surface area contributed by atoms with Gasteiger partial charge in [-0.05, 0) is 52.3 Å². The van der Waals surface area contributed by atoms with E-state index < -0.39 is 0 Å². The lowest BCUT2D eigenvalue weighted by atomic mass is 9.74.